The molecule has 0 saturated carbocycles. The largest absolute Gasteiger partial charge is 0.454 e. The molecule has 0 aliphatic carbocycles. The van der Waals surface area contributed by atoms with E-state index in [0.29, 0.717) is 31.4 Å². The number of amides is 1. The molecule has 0 aromatic heterocycles. The molecule has 1 fully saturated rings. The summed E-state index contributed by atoms with van der Waals surface area (Å²) >= 11 is 16.2. The highest BCUT2D eigenvalue weighted by Gasteiger charge is 2.33. The van der Waals surface area contributed by atoms with Gasteiger partial charge in [0.15, 0.2) is 15.8 Å². The van der Waals surface area contributed by atoms with Gasteiger partial charge in [-0.15, -0.1) is 0 Å². The molecule has 0 atom stereocenters. The van der Waals surface area contributed by atoms with Gasteiger partial charge in [0.25, 0.3) is 5.91 Å². The van der Waals surface area contributed by atoms with Crippen LogP contribution in [0.15, 0.2) is 45.8 Å². The van der Waals surface area contributed by atoms with Gasteiger partial charge in [-0.1, -0.05) is 57.6 Å². The molecule has 2 aliphatic heterocycles. The van der Waals surface area contributed by atoms with Crippen molar-refractivity contribution in [2.75, 3.05) is 11.7 Å². The smallest absolute Gasteiger partial charge is 0.270 e. The first-order valence-corrected chi connectivity index (χ1v) is 9.55. The highest BCUT2D eigenvalue weighted by atomic mass is 79.9. The third-order valence-corrected chi connectivity index (χ3v) is 5.86. The molecule has 0 bridgehead atoms. The number of hydrogen-bond acceptors (Lipinski definition) is 5. The van der Waals surface area contributed by atoms with Crippen LogP contribution in [0.5, 0.6) is 11.5 Å². The SMILES string of the molecule is O=C1/C(=C\c2cc3c(cc2Br)OCO3)SC(=S)N1c1cccc(Cl)c1. The van der Waals surface area contributed by atoms with Gasteiger partial charge in [0.1, 0.15) is 0 Å². The summed E-state index contributed by atoms with van der Waals surface area (Å²) in [6.07, 6.45) is 1.79. The Morgan fingerprint density at radius 1 is 1.24 bits per heavy atom. The number of anilines is 1. The number of fused-ring (bicyclic) bond motifs is 1. The van der Waals surface area contributed by atoms with E-state index in [2.05, 4.69) is 15.9 Å². The first kappa shape index (κ1) is 16.9. The van der Waals surface area contributed by atoms with Crippen LogP contribution in [0.4, 0.5) is 5.69 Å². The Labute approximate surface area is 166 Å². The number of hydrogen-bond donors (Lipinski definition) is 0. The van der Waals surface area contributed by atoms with Crippen LogP contribution in [-0.2, 0) is 4.79 Å². The van der Waals surface area contributed by atoms with Crippen LogP contribution < -0.4 is 14.4 Å². The molecule has 2 aliphatic rings. The number of thioether (sulfide) groups is 1. The lowest BCUT2D eigenvalue weighted by molar-refractivity contribution is -0.113. The van der Waals surface area contributed by atoms with Gasteiger partial charge in [-0.05, 0) is 42.0 Å². The standard InChI is InChI=1S/C17H9BrClNO3S2/c18-12-7-14-13(22-8-23-14)4-9(12)5-15-16(21)20(17(24)25-15)11-3-1-2-10(19)6-11/h1-7H,8H2/b15-5+. The van der Waals surface area contributed by atoms with Crippen molar-refractivity contribution in [1.29, 1.82) is 0 Å². The molecule has 4 rings (SSSR count). The van der Waals surface area contributed by atoms with E-state index in [1.807, 2.05) is 12.1 Å². The van der Waals surface area contributed by atoms with Gasteiger partial charge >= 0.3 is 0 Å². The quantitative estimate of drug-likeness (QED) is 0.458. The summed E-state index contributed by atoms with van der Waals surface area (Å²) < 4.78 is 12.0. The van der Waals surface area contributed by atoms with Crippen LogP contribution in [0.2, 0.25) is 5.02 Å². The number of halogens is 2. The van der Waals surface area contributed by atoms with E-state index in [4.69, 9.17) is 33.3 Å². The minimum Gasteiger partial charge on any atom is -0.454 e. The third-order valence-electron chi connectivity index (χ3n) is 3.64. The number of carbonyl (C=O) groups excluding carboxylic acids is 1. The molecule has 8 heteroatoms. The molecule has 2 heterocycles. The van der Waals surface area contributed by atoms with Crippen molar-refractivity contribution < 1.29 is 14.3 Å². The van der Waals surface area contributed by atoms with Crippen molar-refractivity contribution in [2.45, 2.75) is 0 Å². The molecule has 2 aromatic rings. The molecule has 126 valence electrons. The summed E-state index contributed by atoms with van der Waals surface area (Å²) in [6.45, 7) is 0.197. The van der Waals surface area contributed by atoms with Crippen LogP contribution in [0, 0.1) is 0 Å². The van der Waals surface area contributed by atoms with Gasteiger partial charge in [0.2, 0.25) is 6.79 Å². The lowest BCUT2D eigenvalue weighted by atomic mass is 10.2. The zero-order valence-electron chi connectivity index (χ0n) is 12.5. The van der Waals surface area contributed by atoms with Crippen molar-refractivity contribution >= 4 is 73.5 Å². The van der Waals surface area contributed by atoms with Crippen LogP contribution in [0.1, 0.15) is 5.56 Å². The maximum atomic E-state index is 12.8. The normalized spacial score (nSPS) is 17.7. The molecule has 0 spiro atoms. The summed E-state index contributed by atoms with van der Waals surface area (Å²) in [6, 6.07) is 10.7. The third kappa shape index (κ3) is 3.17. The fourth-order valence-corrected chi connectivity index (χ4v) is 4.40. The van der Waals surface area contributed by atoms with Crippen LogP contribution in [-0.4, -0.2) is 17.0 Å². The van der Waals surface area contributed by atoms with Gasteiger partial charge in [-0.3, -0.25) is 9.69 Å². The topological polar surface area (TPSA) is 38.8 Å². The molecule has 0 unspecified atom stereocenters. The zero-order chi connectivity index (χ0) is 17.6. The average molecular weight is 455 g/mol. The summed E-state index contributed by atoms with van der Waals surface area (Å²) in [5.74, 6) is 1.15. The average Bonchev–Trinajstić information content (AvgIpc) is 3.12. The fourth-order valence-electron chi connectivity index (χ4n) is 2.49. The van der Waals surface area contributed by atoms with E-state index in [1.165, 1.54) is 16.7 Å². The van der Waals surface area contributed by atoms with E-state index >= 15 is 0 Å². The Morgan fingerprint density at radius 3 is 2.76 bits per heavy atom. The van der Waals surface area contributed by atoms with Crippen LogP contribution in [0.25, 0.3) is 6.08 Å². The van der Waals surface area contributed by atoms with Gasteiger partial charge in [-0.25, -0.2) is 0 Å². The summed E-state index contributed by atoms with van der Waals surface area (Å²) in [5, 5.41) is 0.550. The molecule has 2 aromatic carbocycles. The molecule has 0 radical (unpaired) electrons. The van der Waals surface area contributed by atoms with Crippen molar-refractivity contribution in [3.05, 3.63) is 56.4 Å². The van der Waals surface area contributed by atoms with Crippen molar-refractivity contribution in [3.8, 4) is 11.5 Å². The first-order chi connectivity index (χ1) is 12.0. The summed E-state index contributed by atoms with van der Waals surface area (Å²) in [7, 11) is 0. The Hall–Kier alpha value is -1.54. The number of rotatable bonds is 2. The number of thiocarbonyl (C=S) groups is 1. The number of nitrogens with zero attached hydrogens (tertiary/aromatic N) is 1. The van der Waals surface area contributed by atoms with E-state index in [-0.39, 0.29) is 12.7 Å². The van der Waals surface area contributed by atoms with Gasteiger partial charge in [-0.2, -0.15) is 0 Å². The molecule has 1 saturated heterocycles. The molecule has 0 N–H and O–H groups in total. The first-order valence-electron chi connectivity index (χ1n) is 7.15. The summed E-state index contributed by atoms with van der Waals surface area (Å²) in [5.41, 5.74) is 1.47. The molecule has 1 amide bonds. The highest BCUT2D eigenvalue weighted by molar-refractivity contribution is 9.10. The van der Waals surface area contributed by atoms with Gasteiger partial charge in [0, 0.05) is 9.50 Å². The zero-order valence-corrected chi connectivity index (χ0v) is 16.5. The van der Waals surface area contributed by atoms with Crippen molar-refractivity contribution in [3.63, 3.8) is 0 Å². The van der Waals surface area contributed by atoms with Crippen LogP contribution >= 0.6 is 51.5 Å². The predicted octanol–water partition coefficient (Wildman–Crippen LogP) is 5.24. The number of carbonyl (C=O) groups is 1. The van der Waals surface area contributed by atoms with Gasteiger partial charge < -0.3 is 9.47 Å². The maximum Gasteiger partial charge on any atom is 0.270 e. The fraction of sp³-hybridized carbons (Fsp3) is 0.0588. The van der Waals surface area contributed by atoms with E-state index in [1.54, 1.807) is 30.3 Å². The molecular weight excluding hydrogens is 446 g/mol. The Kier molecular flexibility index (Phi) is 4.49. The Morgan fingerprint density at radius 2 is 2.00 bits per heavy atom. The lowest BCUT2D eigenvalue weighted by Gasteiger charge is -2.14. The minimum absolute atomic E-state index is 0.179. The monoisotopic (exact) mass is 453 g/mol. The predicted molar refractivity (Wildman–Crippen MR) is 107 cm³/mol. The molecule has 25 heavy (non-hydrogen) atoms. The van der Waals surface area contributed by atoms with E-state index in [9.17, 15) is 4.79 Å². The second-order valence-corrected chi connectivity index (χ2v) is 8.19. The second kappa shape index (κ2) is 6.64. The van der Waals surface area contributed by atoms with Crippen molar-refractivity contribution in [1.82, 2.24) is 0 Å². The van der Waals surface area contributed by atoms with Crippen molar-refractivity contribution in [2.24, 2.45) is 0 Å². The Balaban J connectivity index is 1.69. The van der Waals surface area contributed by atoms with Gasteiger partial charge in [0.05, 0.1) is 10.6 Å². The highest BCUT2D eigenvalue weighted by Crippen LogP contribution is 2.41. The second-order valence-electron chi connectivity index (χ2n) is 5.22. The van der Waals surface area contributed by atoms with E-state index < -0.39 is 0 Å². The summed E-state index contributed by atoms with van der Waals surface area (Å²) in [4.78, 5) is 14.8. The number of ether oxygens (including phenoxy) is 2. The Bertz CT molecular complexity index is 947. The van der Waals surface area contributed by atoms with E-state index in [0.717, 1.165) is 10.0 Å². The maximum absolute atomic E-state index is 12.8. The minimum atomic E-state index is -0.179. The lowest BCUT2D eigenvalue weighted by Crippen LogP contribution is -2.27. The molecule has 4 nitrogen and oxygen atoms in total. The molecular formula is C17H9BrClNO3S2. The van der Waals surface area contributed by atoms with Crippen LogP contribution in [0.3, 0.4) is 0 Å². The number of benzene rings is 2.